The van der Waals surface area contributed by atoms with Gasteiger partial charge in [-0.05, 0) is 47.0 Å². The Morgan fingerprint density at radius 1 is 1.04 bits per heavy atom. The second kappa shape index (κ2) is 19.2. The molecule has 0 saturated carbocycles. The third-order valence-corrected chi connectivity index (χ3v) is 8.85. The minimum atomic E-state index is -5.08. The van der Waals surface area contributed by atoms with Gasteiger partial charge in [0.05, 0.1) is 30.0 Å². The van der Waals surface area contributed by atoms with E-state index in [1.165, 1.54) is 16.3 Å². The molecule has 1 aliphatic rings. The predicted molar refractivity (Wildman–Crippen MR) is 196 cm³/mol. The lowest BCUT2D eigenvalue weighted by Gasteiger charge is -2.17. The Hall–Kier alpha value is -5.73. The average Bonchev–Trinajstić information content (AvgIpc) is 3.93. The first-order chi connectivity index (χ1) is 26.5. The van der Waals surface area contributed by atoms with Crippen molar-refractivity contribution in [3.05, 3.63) is 83.8 Å². The fourth-order valence-corrected chi connectivity index (χ4v) is 6.17. The molecule has 1 aliphatic heterocycles. The smallest absolute Gasteiger partial charge is 0.490 e. The highest BCUT2D eigenvalue weighted by Gasteiger charge is 2.39. The predicted octanol–water partition coefficient (Wildman–Crippen LogP) is 6.10. The number of aromatic nitrogens is 3. The number of carbonyl (C=O) groups excluding carboxylic acids is 1. The van der Waals surface area contributed by atoms with Crippen molar-refractivity contribution >= 4 is 40.1 Å². The van der Waals surface area contributed by atoms with Crippen LogP contribution in [0.3, 0.4) is 0 Å². The Morgan fingerprint density at radius 2 is 1.73 bits per heavy atom. The van der Waals surface area contributed by atoms with E-state index in [2.05, 4.69) is 76.5 Å². The first kappa shape index (κ1) is 43.0. The van der Waals surface area contributed by atoms with E-state index >= 15 is 0 Å². The molecule has 0 bridgehead atoms. The van der Waals surface area contributed by atoms with Crippen LogP contribution >= 0.6 is 11.3 Å². The summed E-state index contributed by atoms with van der Waals surface area (Å²) in [6.45, 7) is 6.31. The van der Waals surface area contributed by atoms with Gasteiger partial charge >= 0.3 is 30.3 Å². The van der Waals surface area contributed by atoms with Crippen LogP contribution in [0.1, 0.15) is 18.3 Å². The number of aliphatic carboxylic acids is 2. The number of carboxylic acids is 2. The van der Waals surface area contributed by atoms with E-state index in [0.717, 1.165) is 45.5 Å². The lowest BCUT2D eigenvalue weighted by molar-refractivity contribution is -0.193. The number of alkyl halides is 6. The topological polar surface area (TPSA) is 185 Å². The van der Waals surface area contributed by atoms with Gasteiger partial charge in [-0.2, -0.15) is 26.3 Å². The summed E-state index contributed by atoms with van der Waals surface area (Å²) in [5.74, 6) is -3.91. The number of nitrogens with zero attached hydrogens (tertiary/aromatic N) is 4. The number of nitrogens with one attached hydrogen (secondary N) is 2. The molecule has 0 unspecified atom stereocenters. The second-order valence-corrected chi connectivity index (χ2v) is 12.6. The molecule has 3 heterocycles. The number of carboxylic acid groups (broad SMARTS) is 2. The first-order valence-corrected chi connectivity index (χ1v) is 17.7. The number of hydrogen-bond acceptors (Lipinski definition) is 9. The zero-order valence-corrected chi connectivity index (χ0v) is 30.5. The zero-order valence-electron chi connectivity index (χ0n) is 29.7. The second-order valence-electron chi connectivity index (χ2n) is 11.8. The van der Waals surface area contributed by atoms with E-state index in [1.807, 2.05) is 16.8 Å². The lowest BCUT2D eigenvalue weighted by Crippen LogP contribution is -2.31. The quantitative estimate of drug-likeness (QED) is 0.0729. The highest BCUT2D eigenvalue weighted by atomic mass is 32.1. The van der Waals surface area contributed by atoms with Crippen molar-refractivity contribution in [2.75, 3.05) is 39.3 Å². The number of carbonyl (C=O) groups is 3. The Bertz CT molecular complexity index is 2100. The number of thiazole rings is 1. The molecule has 20 heteroatoms. The van der Waals surface area contributed by atoms with Crippen LogP contribution in [-0.4, -0.2) is 99.3 Å². The number of benzene rings is 3. The summed E-state index contributed by atoms with van der Waals surface area (Å²) in [6, 6.07) is 19.1. The maximum Gasteiger partial charge on any atom is 0.490 e. The van der Waals surface area contributed by atoms with Gasteiger partial charge in [0.25, 0.3) is 0 Å². The Labute approximate surface area is 319 Å². The molecule has 0 aliphatic carbocycles. The van der Waals surface area contributed by atoms with Crippen LogP contribution in [0.4, 0.5) is 31.1 Å². The molecule has 0 atom stereocenters. The summed E-state index contributed by atoms with van der Waals surface area (Å²) >= 11 is 1.60. The molecule has 3 aromatic carbocycles. The molecule has 13 nitrogen and oxygen atoms in total. The molecule has 0 radical (unpaired) electrons. The van der Waals surface area contributed by atoms with Gasteiger partial charge in [0.1, 0.15) is 23.2 Å². The zero-order chi connectivity index (χ0) is 41.0. The van der Waals surface area contributed by atoms with Crippen LogP contribution in [0.25, 0.3) is 38.3 Å². The fraction of sp³-hybridized carbons (Fsp3) is 0.306. The number of amides is 2. The van der Waals surface area contributed by atoms with Crippen molar-refractivity contribution in [3.63, 3.8) is 0 Å². The minimum absolute atomic E-state index is 0.0491. The Morgan fingerprint density at radius 3 is 2.36 bits per heavy atom. The van der Waals surface area contributed by atoms with E-state index in [1.54, 1.807) is 22.4 Å². The van der Waals surface area contributed by atoms with Crippen LogP contribution in [-0.2, 0) is 22.6 Å². The molecular weight excluding hydrogens is 772 g/mol. The molecule has 56 heavy (non-hydrogen) atoms. The van der Waals surface area contributed by atoms with Crippen LogP contribution in [0.2, 0.25) is 0 Å². The molecule has 6 rings (SSSR count). The van der Waals surface area contributed by atoms with Crippen LogP contribution in [0.5, 0.6) is 5.75 Å². The third kappa shape index (κ3) is 11.6. The van der Waals surface area contributed by atoms with Crippen LogP contribution in [0, 0.1) is 0 Å². The average molecular weight is 810 g/mol. The number of imidazole rings is 1. The molecule has 1 fully saturated rings. The van der Waals surface area contributed by atoms with Gasteiger partial charge < -0.3 is 40.8 Å². The highest BCUT2D eigenvalue weighted by molar-refractivity contribution is 7.13. The molecular formula is C36H37F6N7O6S. The fourth-order valence-electron chi connectivity index (χ4n) is 5.31. The molecule has 1 saturated heterocycles. The van der Waals surface area contributed by atoms with Gasteiger partial charge in [0, 0.05) is 55.6 Å². The largest absolute Gasteiger partial charge is 0.491 e. The number of rotatable bonds is 12. The lowest BCUT2D eigenvalue weighted by atomic mass is 9.98. The van der Waals surface area contributed by atoms with Gasteiger partial charge in [-0.3, -0.25) is 0 Å². The highest BCUT2D eigenvalue weighted by Crippen LogP contribution is 2.37. The molecule has 2 amide bonds. The number of ether oxygens (including phenoxy) is 1. The summed E-state index contributed by atoms with van der Waals surface area (Å²) in [5.41, 5.74) is 10.9. The summed E-state index contributed by atoms with van der Waals surface area (Å²) in [7, 11) is 0. The third-order valence-electron chi connectivity index (χ3n) is 7.97. The standard InChI is InChI=1S/C32H35N7O2S.2C2HF3O2/c1-2-22-17-24(18-23-5-3-4-6-26(22)23)28-21-42-31(37-28)27-8-7-25(39-14-12-35-30(39)20-34-10-9-33)19-29(27)41-16-15-38-13-11-36-32(38)40;2*3-2(4,5)1(6)7/h3-8,12,14,17-19,21,34H,2,9-11,13,15-16,20,33H2,1H3,(H,36,40);2*(H,6,7). The van der Waals surface area contributed by atoms with Crippen LogP contribution < -0.4 is 21.1 Å². The number of fused-ring (bicyclic) bond motifs is 1. The van der Waals surface area contributed by atoms with Crippen LogP contribution in [0.15, 0.2) is 72.4 Å². The van der Waals surface area contributed by atoms with E-state index in [4.69, 9.17) is 35.3 Å². The van der Waals surface area contributed by atoms with Crippen molar-refractivity contribution in [1.29, 1.82) is 0 Å². The van der Waals surface area contributed by atoms with Gasteiger partial charge in [-0.15, -0.1) is 11.3 Å². The monoisotopic (exact) mass is 809 g/mol. The van der Waals surface area contributed by atoms with Gasteiger partial charge in [0.15, 0.2) is 0 Å². The van der Waals surface area contributed by atoms with E-state index in [9.17, 15) is 31.1 Å². The molecule has 0 spiro atoms. The first-order valence-electron chi connectivity index (χ1n) is 16.8. The summed E-state index contributed by atoms with van der Waals surface area (Å²) in [5, 5.41) is 25.9. The molecule has 5 aromatic rings. The number of urea groups is 1. The van der Waals surface area contributed by atoms with Gasteiger partial charge in [-0.1, -0.05) is 31.2 Å². The van der Waals surface area contributed by atoms with Crippen molar-refractivity contribution in [2.24, 2.45) is 5.73 Å². The summed E-state index contributed by atoms with van der Waals surface area (Å²) in [4.78, 5) is 41.2. The Balaban J connectivity index is 0.000000425. The SMILES string of the molecule is CCc1cc(-c2csc(-c3ccc(-n4ccnc4CNCCN)cc3OCCN3CCNC3=O)n2)cc2ccccc12.O=C(O)C(F)(F)F.O=C(O)C(F)(F)F. The number of nitrogens with two attached hydrogens (primary N) is 1. The molecule has 6 N–H and O–H groups in total. The number of aryl methyl sites for hydroxylation is 1. The van der Waals surface area contributed by atoms with Gasteiger partial charge in [0.2, 0.25) is 0 Å². The van der Waals surface area contributed by atoms with Crippen molar-refractivity contribution in [2.45, 2.75) is 32.2 Å². The minimum Gasteiger partial charge on any atom is -0.491 e. The van der Waals surface area contributed by atoms with Crippen molar-refractivity contribution in [1.82, 2.24) is 30.1 Å². The maximum absolute atomic E-state index is 12.1. The number of halogens is 6. The van der Waals surface area contributed by atoms with Gasteiger partial charge in [-0.25, -0.2) is 24.4 Å². The van der Waals surface area contributed by atoms with E-state index in [0.29, 0.717) is 45.9 Å². The molecule has 300 valence electrons. The summed E-state index contributed by atoms with van der Waals surface area (Å²) < 4.78 is 71.9. The summed E-state index contributed by atoms with van der Waals surface area (Å²) in [6.07, 6.45) is -5.47. The maximum atomic E-state index is 12.1. The van der Waals surface area contributed by atoms with E-state index in [-0.39, 0.29) is 6.03 Å². The van der Waals surface area contributed by atoms with E-state index < -0.39 is 24.3 Å². The van der Waals surface area contributed by atoms with Crippen molar-refractivity contribution in [3.8, 4) is 33.3 Å². The number of hydrogen-bond donors (Lipinski definition) is 5. The molecule has 2 aromatic heterocycles. The Kier molecular flexibility index (Phi) is 14.8. The normalized spacial score (nSPS) is 12.7. The van der Waals surface area contributed by atoms with Crippen molar-refractivity contribution < 1.29 is 55.7 Å².